The van der Waals surface area contributed by atoms with Gasteiger partial charge in [-0.1, -0.05) is 11.3 Å². The molecule has 4 rings (SSSR count). The third-order valence-corrected chi connectivity index (χ3v) is 8.05. The van der Waals surface area contributed by atoms with Crippen molar-refractivity contribution in [2.45, 2.75) is 18.4 Å². The van der Waals surface area contributed by atoms with Gasteiger partial charge in [0, 0.05) is 12.2 Å². The van der Waals surface area contributed by atoms with Crippen LogP contribution in [0.2, 0.25) is 0 Å². The van der Waals surface area contributed by atoms with Gasteiger partial charge in [0.1, 0.15) is 18.1 Å². The lowest BCUT2D eigenvalue weighted by atomic mass is 10.3. The third kappa shape index (κ3) is 5.05. The first-order chi connectivity index (χ1) is 16.7. The quantitative estimate of drug-likeness (QED) is 0.382. The van der Waals surface area contributed by atoms with Crippen LogP contribution >= 0.6 is 11.3 Å². The van der Waals surface area contributed by atoms with E-state index in [1.54, 1.807) is 22.8 Å². The summed E-state index contributed by atoms with van der Waals surface area (Å²) in [6, 6.07) is 15.6. The van der Waals surface area contributed by atoms with Gasteiger partial charge in [0.25, 0.3) is 10.0 Å². The van der Waals surface area contributed by atoms with Crippen LogP contribution in [0.3, 0.4) is 0 Å². The van der Waals surface area contributed by atoms with Gasteiger partial charge in [-0.2, -0.15) is 0 Å². The molecule has 0 atom stereocenters. The van der Waals surface area contributed by atoms with Gasteiger partial charge in [-0.3, -0.25) is 18.5 Å². The molecule has 0 unspecified atom stereocenters. The summed E-state index contributed by atoms with van der Waals surface area (Å²) in [4.78, 5) is 24.9. The minimum absolute atomic E-state index is 0.0532. The first-order valence-corrected chi connectivity index (χ1v) is 12.8. The molecule has 0 aliphatic carbocycles. The van der Waals surface area contributed by atoms with E-state index in [0.29, 0.717) is 22.7 Å². The Morgan fingerprint density at radius 2 is 1.77 bits per heavy atom. The van der Waals surface area contributed by atoms with Crippen molar-refractivity contribution in [1.29, 1.82) is 0 Å². The molecule has 3 aromatic carbocycles. The minimum atomic E-state index is -4.17. The molecule has 35 heavy (non-hydrogen) atoms. The van der Waals surface area contributed by atoms with Crippen molar-refractivity contribution >= 4 is 48.9 Å². The summed E-state index contributed by atoms with van der Waals surface area (Å²) < 4.78 is 48.7. The van der Waals surface area contributed by atoms with Crippen LogP contribution in [0.15, 0.2) is 76.4 Å². The summed E-state index contributed by atoms with van der Waals surface area (Å²) >= 11 is 1.07. The Kier molecular flexibility index (Phi) is 6.90. The molecule has 1 N–H and O–H groups in total. The van der Waals surface area contributed by atoms with Gasteiger partial charge in [0.2, 0.25) is 5.91 Å². The molecule has 0 aliphatic rings. The number of aryl methyl sites for hydroxylation is 1. The van der Waals surface area contributed by atoms with E-state index >= 15 is 0 Å². The number of hydrogen-bond acceptors (Lipinski definition) is 6. The Balaban J connectivity index is 1.64. The summed E-state index contributed by atoms with van der Waals surface area (Å²) in [7, 11) is -2.70. The second-order valence-corrected chi connectivity index (χ2v) is 10.4. The number of rotatable bonds is 8. The second kappa shape index (κ2) is 9.88. The van der Waals surface area contributed by atoms with Gasteiger partial charge in [-0.15, -0.1) is 0 Å². The number of sulfonamides is 1. The molecule has 4 aromatic rings. The average Bonchev–Trinajstić information content (AvgIpc) is 3.17. The number of ether oxygens (including phenoxy) is 1. The van der Waals surface area contributed by atoms with E-state index < -0.39 is 28.3 Å². The monoisotopic (exact) mass is 515 g/mol. The van der Waals surface area contributed by atoms with Crippen molar-refractivity contribution in [2.75, 3.05) is 23.3 Å². The fourth-order valence-electron chi connectivity index (χ4n) is 3.57. The molecule has 0 saturated carbocycles. The number of halogens is 1. The number of anilines is 2. The minimum Gasteiger partial charge on any atom is -0.497 e. The van der Waals surface area contributed by atoms with Crippen LogP contribution in [0, 0.1) is 5.82 Å². The zero-order valence-electron chi connectivity index (χ0n) is 18.9. The number of amides is 1. The zero-order valence-corrected chi connectivity index (χ0v) is 20.5. The number of fused-ring (bicyclic) bond motifs is 1. The topological polar surface area (TPSA) is 97.7 Å². The largest absolute Gasteiger partial charge is 0.497 e. The van der Waals surface area contributed by atoms with Crippen LogP contribution in [0.5, 0.6) is 5.75 Å². The maximum absolute atomic E-state index is 13.5. The zero-order chi connectivity index (χ0) is 25.2. The Hall–Kier alpha value is -3.70. The highest BCUT2D eigenvalue weighted by atomic mass is 32.2. The molecule has 8 nitrogen and oxygen atoms in total. The molecule has 1 heterocycles. The number of carbonyl (C=O) groups is 1. The first kappa shape index (κ1) is 24.4. The normalized spacial score (nSPS) is 11.4. The molecular formula is C24H22FN3O5S2. The molecule has 0 bridgehead atoms. The van der Waals surface area contributed by atoms with Gasteiger partial charge in [0.15, 0.2) is 0 Å². The predicted octanol–water partition coefficient (Wildman–Crippen LogP) is 4.06. The summed E-state index contributed by atoms with van der Waals surface area (Å²) in [6.07, 6.45) is 0. The Morgan fingerprint density at radius 3 is 2.40 bits per heavy atom. The van der Waals surface area contributed by atoms with Crippen LogP contribution in [0.25, 0.3) is 10.2 Å². The number of hydrogen-bond donors (Lipinski definition) is 1. The molecule has 11 heteroatoms. The molecule has 1 aromatic heterocycles. The summed E-state index contributed by atoms with van der Waals surface area (Å²) in [5.74, 6) is -0.663. The van der Waals surface area contributed by atoms with Crippen molar-refractivity contribution in [1.82, 2.24) is 4.57 Å². The number of carbonyl (C=O) groups excluding carboxylic acids is 1. The standard InChI is InChI=1S/C24H22FN3O5S2/c1-3-27-21-13-6-17(14-22(21)34-24(27)30)26-23(29)15-28(18-7-4-16(25)5-8-18)35(31,32)20-11-9-19(33-2)10-12-20/h4-14H,3,15H2,1-2H3,(H,26,29). The second-order valence-electron chi connectivity index (χ2n) is 7.51. The van der Waals surface area contributed by atoms with Crippen LogP contribution < -0.4 is 19.2 Å². The van der Waals surface area contributed by atoms with Gasteiger partial charge in [0.05, 0.1) is 27.9 Å². The van der Waals surface area contributed by atoms with Crippen LogP contribution in [0.1, 0.15) is 6.92 Å². The molecule has 0 aliphatic heterocycles. The first-order valence-electron chi connectivity index (χ1n) is 10.6. The van der Waals surface area contributed by atoms with E-state index in [2.05, 4.69) is 5.32 Å². The van der Waals surface area contributed by atoms with Crippen molar-refractivity contribution in [2.24, 2.45) is 0 Å². The van der Waals surface area contributed by atoms with Crippen LogP contribution in [-0.4, -0.2) is 32.5 Å². The number of benzene rings is 3. The lowest BCUT2D eigenvalue weighted by molar-refractivity contribution is -0.114. The maximum atomic E-state index is 13.5. The van der Waals surface area contributed by atoms with Crippen molar-refractivity contribution in [3.05, 3.63) is 82.2 Å². The van der Waals surface area contributed by atoms with Crippen LogP contribution in [0.4, 0.5) is 15.8 Å². The van der Waals surface area contributed by atoms with Crippen LogP contribution in [-0.2, 0) is 21.4 Å². The SMILES string of the molecule is CCn1c(=O)sc2cc(NC(=O)CN(c3ccc(F)cc3)S(=O)(=O)c3ccc(OC)cc3)ccc21. The average molecular weight is 516 g/mol. The number of methoxy groups -OCH3 is 1. The van der Waals surface area contributed by atoms with E-state index in [-0.39, 0.29) is 15.5 Å². The van der Waals surface area contributed by atoms with Gasteiger partial charge >= 0.3 is 4.87 Å². The Morgan fingerprint density at radius 1 is 1.09 bits per heavy atom. The molecule has 0 spiro atoms. The molecular weight excluding hydrogens is 493 g/mol. The fraction of sp³-hybridized carbons (Fsp3) is 0.167. The number of nitrogens with zero attached hydrogens (tertiary/aromatic N) is 2. The predicted molar refractivity (Wildman–Crippen MR) is 134 cm³/mol. The smallest absolute Gasteiger partial charge is 0.308 e. The van der Waals surface area contributed by atoms with E-state index in [9.17, 15) is 22.4 Å². The summed E-state index contributed by atoms with van der Waals surface area (Å²) in [6.45, 7) is 1.85. The van der Waals surface area contributed by atoms with E-state index in [0.717, 1.165) is 33.3 Å². The number of aromatic nitrogens is 1. The number of thiazole rings is 1. The van der Waals surface area contributed by atoms with Gasteiger partial charge in [-0.05, 0) is 73.7 Å². The molecule has 0 fully saturated rings. The van der Waals surface area contributed by atoms with Crippen molar-refractivity contribution < 1.29 is 22.3 Å². The number of nitrogens with one attached hydrogen (secondary N) is 1. The van der Waals surface area contributed by atoms with E-state index in [4.69, 9.17) is 4.74 Å². The summed E-state index contributed by atoms with van der Waals surface area (Å²) in [5.41, 5.74) is 1.31. The maximum Gasteiger partial charge on any atom is 0.308 e. The van der Waals surface area contributed by atoms with Gasteiger partial charge < -0.3 is 10.1 Å². The highest BCUT2D eigenvalue weighted by molar-refractivity contribution is 7.92. The highest BCUT2D eigenvalue weighted by Gasteiger charge is 2.27. The molecule has 0 saturated heterocycles. The molecule has 1 amide bonds. The molecule has 0 radical (unpaired) electrons. The van der Waals surface area contributed by atoms with E-state index in [1.165, 1.54) is 43.5 Å². The Bertz CT molecular complexity index is 1530. The lowest BCUT2D eigenvalue weighted by Crippen LogP contribution is -2.38. The lowest BCUT2D eigenvalue weighted by Gasteiger charge is -2.24. The molecule has 182 valence electrons. The van der Waals surface area contributed by atoms with Gasteiger partial charge in [-0.25, -0.2) is 12.8 Å². The van der Waals surface area contributed by atoms with Crippen molar-refractivity contribution in [3.63, 3.8) is 0 Å². The fourth-order valence-corrected chi connectivity index (χ4v) is 5.99. The Labute approximate surface area is 205 Å². The summed E-state index contributed by atoms with van der Waals surface area (Å²) in [5, 5.41) is 2.69. The third-order valence-electron chi connectivity index (χ3n) is 5.32. The van der Waals surface area contributed by atoms with E-state index in [1.807, 2.05) is 6.92 Å². The van der Waals surface area contributed by atoms with Crippen molar-refractivity contribution in [3.8, 4) is 5.75 Å². The highest BCUT2D eigenvalue weighted by Crippen LogP contribution is 2.26.